The smallest absolute Gasteiger partial charge is 0.228 e. The standard InChI is InChI=1S/C22H19F2N5OS/c23-16-7-13(8-17(24)19(16)29-31-11-22(10-25)4-5-22)15-9-18(28-21(30)12-1-2-12)27-20-14(15)3-6-26-20/h3,6-9,12,29H,1-2,4-5,11H2,(H2,26,27,28,30). The van der Waals surface area contributed by atoms with Gasteiger partial charge in [-0.25, -0.2) is 13.8 Å². The minimum absolute atomic E-state index is 0.0122. The zero-order valence-electron chi connectivity index (χ0n) is 16.5. The Morgan fingerprint density at radius 3 is 2.68 bits per heavy atom. The van der Waals surface area contributed by atoms with Crippen LogP contribution in [0.5, 0.6) is 0 Å². The molecule has 1 aromatic carbocycles. The molecular weight excluding hydrogens is 420 g/mol. The molecule has 6 nitrogen and oxygen atoms in total. The van der Waals surface area contributed by atoms with E-state index in [4.69, 9.17) is 5.26 Å². The molecule has 0 radical (unpaired) electrons. The predicted octanol–water partition coefficient (Wildman–Crippen LogP) is 5.22. The molecule has 0 spiro atoms. The third kappa shape index (κ3) is 3.95. The number of nitrogens with zero attached hydrogens (tertiary/aromatic N) is 2. The van der Waals surface area contributed by atoms with Crippen LogP contribution in [0.1, 0.15) is 25.7 Å². The molecule has 2 aliphatic carbocycles. The van der Waals surface area contributed by atoms with Crippen LogP contribution in [0, 0.1) is 34.3 Å². The van der Waals surface area contributed by atoms with Gasteiger partial charge in [0.2, 0.25) is 5.91 Å². The fourth-order valence-corrected chi connectivity index (χ4v) is 4.47. The molecule has 2 aliphatic rings. The van der Waals surface area contributed by atoms with Crippen molar-refractivity contribution in [1.82, 2.24) is 9.97 Å². The third-order valence-electron chi connectivity index (χ3n) is 5.69. The van der Waals surface area contributed by atoms with E-state index in [2.05, 4.69) is 26.1 Å². The van der Waals surface area contributed by atoms with Crippen molar-refractivity contribution in [2.75, 3.05) is 15.8 Å². The summed E-state index contributed by atoms with van der Waals surface area (Å²) in [5, 5.41) is 12.6. The summed E-state index contributed by atoms with van der Waals surface area (Å²) >= 11 is 1.14. The first-order valence-corrected chi connectivity index (χ1v) is 11.0. The lowest BCUT2D eigenvalue weighted by atomic mass is 10.0. The molecule has 31 heavy (non-hydrogen) atoms. The van der Waals surface area contributed by atoms with Gasteiger partial charge in [-0.15, -0.1) is 0 Å². The molecule has 0 atom stereocenters. The number of halogens is 2. The number of hydrogen-bond donors (Lipinski definition) is 3. The molecule has 158 valence electrons. The summed E-state index contributed by atoms with van der Waals surface area (Å²) in [6.45, 7) is 0. The lowest BCUT2D eigenvalue weighted by Crippen LogP contribution is -2.14. The molecular formula is C22H19F2N5OS. The highest BCUT2D eigenvalue weighted by atomic mass is 32.2. The maximum absolute atomic E-state index is 14.8. The second-order valence-electron chi connectivity index (χ2n) is 8.16. The van der Waals surface area contributed by atoms with E-state index in [1.807, 2.05) is 0 Å². The zero-order valence-corrected chi connectivity index (χ0v) is 17.3. The van der Waals surface area contributed by atoms with Crippen LogP contribution in [0.2, 0.25) is 0 Å². The van der Waals surface area contributed by atoms with E-state index in [1.54, 1.807) is 18.3 Å². The van der Waals surface area contributed by atoms with Crippen LogP contribution in [-0.2, 0) is 4.79 Å². The largest absolute Gasteiger partial charge is 0.346 e. The van der Waals surface area contributed by atoms with Gasteiger partial charge in [-0.2, -0.15) is 5.26 Å². The van der Waals surface area contributed by atoms with Gasteiger partial charge in [-0.3, -0.25) is 4.79 Å². The normalized spacial score (nSPS) is 16.7. The number of benzene rings is 1. The topological polar surface area (TPSA) is 93.6 Å². The first-order valence-electron chi connectivity index (χ1n) is 10.1. The average Bonchev–Trinajstić information content (AvgIpc) is 3.67. The van der Waals surface area contributed by atoms with Crippen LogP contribution in [0.15, 0.2) is 30.5 Å². The summed E-state index contributed by atoms with van der Waals surface area (Å²) in [6, 6.07) is 8.19. The van der Waals surface area contributed by atoms with Crippen molar-refractivity contribution in [1.29, 1.82) is 5.26 Å². The number of nitriles is 1. The number of H-pyrrole nitrogens is 1. The number of aromatic nitrogens is 2. The number of carbonyl (C=O) groups is 1. The minimum atomic E-state index is -0.728. The molecule has 2 fully saturated rings. The van der Waals surface area contributed by atoms with Gasteiger partial charge in [0.1, 0.15) is 17.2 Å². The second kappa shape index (κ2) is 7.54. The number of nitrogens with one attached hydrogen (secondary N) is 3. The van der Waals surface area contributed by atoms with Crippen LogP contribution in [0.3, 0.4) is 0 Å². The van der Waals surface area contributed by atoms with Crippen LogP contribution in [0.25, 0.3) is 22.2 Å². The number of hydrogen-bond acceptors (Lipinski definition) is 5. The van der Waals surface area contributed by atoms with Crippen LogP contribution < -0.4 is 10.0 Å². The van der Waals surface area contributed by atoms with Crippen molar-refractivity contribution in [3.05, 3.63) is 42.1 Å². The lowest BCUT2D eigenvalue weighted by molar-refractivity contribution is -0.117. The lowest BCUT2D eigenvalue weighted by Gasteiger charge is -2.13. The highest BCUT2D eigenvalue weighted by Crippen LogP contribution is 2.47. The molecule has 3 N–H and O–H groups in total. The van der Waals surface area contributed by atoms with Crippen LogP contribution >= 0.6 is 11.9 Å². The minimum Gasteiger partial charge on any atom is -0.346 e. The zero-order chi connectivity index (χ0) is 21.6. The summed E-state index contributed by atoms with van der Waals surface area (Å²) in [4.78, 5) is 19.5. The number of anilines is 2. The van der Waals surface area contributed by atoms with Gasteiger partial charge in [-0.1, -0.05) is 11.9 Å². The predicted molar refractivity (Wildman–Crippen MR) is 116 cm³/mol. The van der Waals surface area contributed by atoms with Crippen LogP contribution in [0.4, 0.5) is 20.3 Å². The molecule has 0 unspecified atom stereocenters. The number of fused-ring (bicyclic) bond motifs is 1. The maximum atomic E-state index is 14.8. The van der Waals surface area contributed by atoms with E-state index in [-0.39, 0.29) is 22.9 Å². The Morgan fingerprint density at radius 1 is 1.29 bits per heavy atom. The molecule has 0 saturated heterocycles. The highest BCUT2D eigenvalue weighted by molar-refractivity contribution is 8.00. The summed E-state index contributed by atoms with van der Waals surface area (Å²) < 4.78 is 32.3. The van der Waals surface area contributed by atoms with Crippen LogP contribution in [-0.4, -0.2) is 21.6 Å². The monoisotopic (exact) mass is 439 g/mol. The van der Waals surface area contributed by atoms with Gasteiger partial charge in [0.25, 0.3) is 0 Å². The molecule has 9 heteroatoms. The summed E-state index contributed by atoms with van der Waals surface area (Å²) in [6.07, 6.45) is 5.05. The van der Waals surface area contributed by atoms with Crippen molar-refractivity contribution in [3.63, 3.8) is 0 Å². The van der Waals surface area contributed by atoms with E-state index in [9.17, 15) is 13.6 Å². The van der Waals surface area contributed by atoms with E-state index < -0.39 is 11.6 Å². The first-order chi connectivity index (χ1) is 15.0. The average molecular weight is 439 g/mol. The maximum Gasteiger partial charge on any atom is 0.228 e. The van der Waals surface area contributed by atoms with E-state index in [0.29, 0.717) is 33.7 Å². The molecule has 2 heterocycles. The molecule has 2 saturated carbocycles. The van der Waals surface area contributed by atoms with E-state index >= 15 is 0 Å². The molecule has 5 rings (SSSR count). The molecule has 2 aromatic heterocycles. The van der Waals surface area contributed by atoms with Gasteiger partial charge in [0.15, 0.2) is 11.6 Å². The fourth-order valence-electron chi connectivity index (χ4n) is 3.43. The van der Waals surface area contributed by atoms with Gasteiger partial charge >= 0.3 is 0 Å². The Morgan fingerprint density at radius 2 is 2.03 bits per heavy atom. The molecule has 3 aromatic rings. The second-order valence-corrected chi connectivity index (χ2v) is 8.94. The van der Waals surface area contributed by atoms with Crippen molar-refractivity contribution in [2.45, 2.75) is 25.7 Å². The Hall–Kier alpha value is -3.12. The highest BCUT2D eigenvalue weighted by Gasteiger charge is 2.43. The Balaban J connectivity index is 1.43. The van der Waals surface area contributed by atoms with Gasteiger partial charge in [0, 0.05) is 23.3 Å². The first kappa shape index (κ1) is 19.8. The number of pyridine rings is 1. The van der Waals surface area contributed by atoms with E-state index in [0.717, 1.165) is 37.6 Å². The SMILES string of the molecule is N#CC1(CSNc2c(F)cc(-c3cc(NC(=O)C4CC4)nc4[nH]ccc34)cc2F)CC1. The Kier molecular flexibility index (Phi) is 4.82. The molecule has 0 aliphatic heterocycles. The summed E-state index contributed by atoms with van der Waals surface area (Å²) in [5.41, 5.74) is 0.825. The van der Waals surface area contributed by atoms with Crippen molar-refractivity contribution >= 4 is 40.4 Å². The van der Waals surface area contributed by atoms with Gasteiger partial charge in [0.05, 0.1) is 11.5 Å². The summed E-state index contributed by atoms with van der Waals surface area (Å²) in [7, 11) is 0. The number of aromatic amines is 1. The number of amides is 1. The Labute approximate surface area is 181 Å². The van der Waals surface area contributed by atoms with Crippen molar-refractivity contribution < 1.29 is 13.6 Å². The third-order valence-corrected chi connectivity index (χ3v) is 6.74. The molecule has 0 bridgehead atoms. The van der Waals surface area contributed by atoms with Gasteiger partial charge < -0.3 is 15.0 Å². The molecule has 1 amide bonds. The number of rotatable bonds is 7. The Bertz CT molecular complexity index is 1200. The quantitative estimate of drug-likeness (QED) is 0.439. The van der Waals surface area contributed by atoms with Crippen molar-refractivity contribution in [3.8, 4) is 17.2 Å². The number of carbonyl (C=O) groups excluding carboxylic acids is 1. The summed E-state index contributed by atoms with van der Waals surface area (Å²) in [5.74, 6) is -0.724. The van der Waals surface area contributed by atoms with Crippen molar-refractivity contribution in [2.24, 2.45) is 11.3 Å². The van der Waals surface area contributed by atoms with Gasteiger partial charge in [-0.05, 0) is 61.1 Å². The van der Waals surface area contributed by atoms with E-state index in [1.165, 1.54) is 12.1 Å². The fraction of sp³-hybridized carbons (Fsp3) is 0.318.